The van der Waals surface area contributed by atoms with E-state index in [2.05, 4.69) is 29.8 Å². The molecule has 3 N–H and O–H groups in total. The van der Waals surface area contributed by atoms with Crippen LogP contribution in [-0.4, -0.2) is 17.8 Å². The van der Waals surface area contributed by atoms with Crippen LogP contribution < -0.4 is 5.73 Å². The second kappa shape index (κ2) is 7.14. The van der Waals surface area contributed by atoms with Crippen LogP contribution in [0.2, 0.25) is 0 Å². The highest BCUT2D eigenvalue weighted by Crippen LogP contribution is 2.31. The molecule has 0 radical (unpaired) electrons. The summed E-state index contributed by atoms with van der Waals surface area (Å²) in [7, 11) is 0. The Kier molecular flexibility index (Phi) is 6.17. The maximum atomic E-state index is 10.4. The summed E-state index contributed by atoms with van der Waals surface area (Å²) in [5, 5.41) is 10.4. The predicted molar refractivity (Wildman–Crippen MR) is 76.0 cm³/mol. The molecule has 96 valence electrons. The zero-order chi connectivity index (χ0) is 12.8. The first kappa shape index (κ1) is 14.7. The predicted octanol–water partition coefficient (Wildman–Crippen LogP) is 3.29. The van der Waals surface area contributed by atoms with Gasteiger partial charge in [0.05, 0.1) is 6.10 Å². The van der Waals surface area contributed by atoms with E-state index in [1.165, 1.54) is 0 Å². The first-order chi connectivity index (χ1) is 8.15. The van der Waals surface area contributed by atoms with E-state index in [0.717, 1.165) is 22.9 Å². The molecule has 0 fully saturated rings. The molecule has 0 aliphatic heterocycles. The summed E-state index contributed by atoms with van der Waals surface area (Å²) in [5.74, 6) is 0.325. The minimum absolute atomic E-state index is 0.00970. The Morgan fingerprint density at radius 3 is 2.29 bits per heavy atom. The molecule has 2 unspecified atom stereocenters. The molecule has 1 aromatic carbocycles. The van der Waals surface area contributed by atoms with Gasteiger partial charge in [-0.2, -0.15) is 0 Å². The lowest BCUT2D eigenvalue weighted by molar-refractivity contribution is 0.0777. The number of halogens is 1. The average molecular weight is 300 g/mol. The van der Waals surface area contributed by atoms with Crippen molar-refractivity contribution in [1.29, 1.82) is 0 Å². The molecule has 0 aromatic heterocycles. The highest BCUT2D eigenvalue weighted by atomic mass is 79.9. The van der Waals surface area contributed by atoms with Crippen LogP contribution in [0.25, 0.3) is 0 Å². The molecule has 0 aliphatic carbocycles. The lowest BCUT2D eigenvalue weighted by Gasteiger charge is -2.28. The Morgan fingerprint density at radius 1 is 1.24 bits per heavy atom. The van der Waals surface area contributed by atoms with Gasteiger partial charge < -0.3 is 10.8 Å². The van der Waals surface area contributed by atoms with Gasteiger partial charge in [0.25, 0.3) is 0 Å². The van der Waals surface area contributed by atoms with Gasteiger partial charge in [-0.15, -0.1) is 0 Å². The SMILES string of the molecule is CCC(CC)C(O)C(CN)c1ccccc1Br. The number of aliphatic hydroxyl groups is 1. The van der Waals surface area contributed by atoms with Crippen LogP contribution in [0.5, 0.6) is 0 Å². The Bertz CT molecular complexity index is 339. The summed E-state index contributed by atoms with van der Waals surface area (Å²) in [5.41, 5.74) is 6.95. The Hall–Kier alpha value is -0.380. The third kappa shape index (κ3) is 3.54. The molecule has 2 nitrogen and oxygen atoms in total. The molecule has 3 heteroatoms. The fraction of sp³-hybridized carbons (Fsp3) is 0.571. The number of hydrogen-bond donors (Lipinski definition) is 2. The molecular formula is C14H22BrNO. The van der Waals surface area contributed by atoms with Crippen LogP contribution in [0.4, 0.5) is 0 Å². The van der Waals surface area contributed by atoms with E-state index in [0.29, 0.717) is 12.5 Å². The van der Waals surface area contributed by atoms with Crippen molar-refractivity contribution in [2.45, 2.75) is 38.7 Å². The van der Waals surface area contributed by atoms with Gasteiger partial charge >= 0.3 is 0 Å². The van der Waals surface area contributed by atoms with Crippen molar-refractivity contribution in [3.8, 4) is 0 Å². The van der Waals surface area contributed by atoms with Crippen molar-refractivity contribution in [2.24, 2.45) is 11.7 Å². The van der Waals surface area contributed by atoms with E-state index < -0.39 is 0 Å². The first-order valence-corrected chi connectivity index (χ1v) is 7.07. The van der Waals surface area contributed by atoms with Gasteiger partial charge in [-0.25, -0.2) is 0 Å². The van der Waals surface area contributed by atoms with Crippen LogP contribution >= 0.6 is 15.9 Å². The van der Waals surface area contributed by atoms with E-state index in [9.17, 15) is 5.11 Å². The molecule has 0 aliphatic rings. The summed E-state index contributed by atoms with van der Waals surface area (Å²) in [6.07, 6.45) is 1.60. The summed E-state index contributed by atoms with van der Waals surface area (Å²) < 4.78 is 1.03. The molecule has 0 saturated heterocycles. The third-order valence-corrected chi connectivity index (χ3v) is 4.22. The van der Waals surface area contributed by atoms with Crippen molar-refractivity contribution >= 4 is 15.9 Å². The fourth-order valence-electron chi connectivity index (χ4n) is 2.33. The highest BCUT2D eigenvalue weighted by Gasteiger charge is 2.26. The van der Waals surface area contributed by atoms with Crippen molar-refractivity contribution in [3.63, 3.8) is 0 Å². The molecule has 1 rings (SSSR count). The van der Waals surface area contributed by atoms with Crippen molar-refractivity contribution < 1.29 is 5.11 Å². The van der Waals surface area contributed by atoms with Gasteiger partial charge in [0, 0.05) is 16.9 Å². The summed E-state index contributed by atoms with van der Waals surface area (Å²) in [6, 6.07) is 8.00. The van der Waals surface area contributed by atoms with Crippen molar-refractivity contribution in [2.75, 3.05) is 6.54 Å². The Balaban J connectivity index is 2.95. The number of rotatable bonds is 6. The largest absolute Gasteiger partial charge is 0.392 e. The van der Waals surface area contributed by atoms with Gasteiger partial charge in [0.1, 0.15) is 0 Å². The van der Waals surface area contributed by atoms with E-state index in [-0.39, 0.29) is 12.0 Å². The molecule has 17 heavy (non-hydrogen) atoms. The van der Waals surface area contributed by atoms with Crippen LogP contribution in [0.15, 0.2) is 28.7 Å². The molecule has 2 atom stereocenters. The van der Waals surface area contributed by atoms with Crippen LogP contribution in [-0.2, 0) is 0 Å². The van der Waals surface area contributed by atoms with Crippen LogP contribution in [0, 0.1) is 5.92 Å². The number of hydrogen-bond acceptors (Lipinski definition) is 2. The third-order valence-electron chi connectivity index (χ3n) is 3.50. The van der Waals surface area contributed by atoms with E-state index in [1.807, 2.05) is 24.3 Å². The highest BCUT2D eigenvalue weighted by molar-refractivity contribution is 9.10. The second-order valence-corrected chi connectivity index (χ2v) is 5.29. The Labute approximate surface area is 112 Å². The lowest BCUT2D eigenvalue weighted by Crippen LogP contribution is -2.32. The minimum Gasteiger partial charge on any atom is -0.392 e. The zero-order valence-corrected chi connectivity index (χ0v) is 12.2. The second-order valence-electron chi connectivity index (χ2n) is 4.43. The van der Waals surface area contributed by atoms with Gasteiger partial charge in [0.2, 0.25) is 0 Å². The average Bonchev–Trinajstić information content (AvgIpc) is 2.34. The number of aliphatic hydroxyl groups excluding tert-OH is 1. The van der Waals surface area contributed by atoms with Crippen molar-refractivity contribution in [1.82, 2.24) is 0 Å². The summed E-state index contributed by atoms with van der Waals surface area (Å²) >= 11 is 3.53. The lowest BCUT2D eigenvalue weighted by atomic mass is 9.83. The number of benzene rings is 1. The molecule has 0 spiro atoms. The van der Waals surface area contributed by atoms with Crippen molar-refractivity contribution in [3.05, 3.63) is 34.3 Å². The van der Waals surface area contributed by atoms with Gasteiger partial charge in [0.15, 0.2) is 0 Å². The van der Waals surface area contributed by atoms with E-state index in [1.54, 1.807) is 0 Å². The Morgan fingerprint density at radius 2 is 1.82 bits per heavy atom. The quantitative estimate of drug-likeness (QED) is 0.847. The monoisotopic (exact) mass is 299 g/mol. The zero-order valence-electron chi connectivity index (χ0n) is 10.6. The van der Waals surface area contributed by atoms with Crippen LogP contribution in [0.1, 0.15) is 38.2 Å². The molecule has 0 heterocycles. The standard InChI is InChI=1S/C14H22BrNO/c1-3-10(4-2)14(17)12(9-16)11-7-5-6-8-13(11)15/h5-8,10,12,14,17H,3-4,9,16H2,1-2H3. The van der Waals surface area contributed by atoms with Gasteiger partial charge in [-0.1, -0.05) is 60.8 Å². The van der Waals surface area contributed by atoms with E-state index >= 15 is 0 Å². The minimum atomic E-state index is -0.367. The molecule has 0 amide bonds. The first-order valence-electron chi connectivity index (χ1n) is 6.28. The normalized spacial score (nSPS) is 14.9. The maximum Gasteiger partial charge on any atom is 0.0649 e. The van der Waals surface area contributed by atoms with Gasteiger partial charge in [-0.3, -0.25) is 0 Å². The molecular weight excluding hydrogens is 278 g/mol. The maximum absolute atomic E-state index is 10.4. The molecule has 0 bridgehead atoms. The molecule has 1 aromatic rings. The van der Waals surface area contributed by atoms with Crippen LogP contribution in [0.3, 0.4) is 0 Å². The van der Waals surface area contributed by atoms with E-state index in [4.69, 9.17) is 5.73 Å². The smallest absolute Gasteiger partial charge is 0.0649 e. The van der Waals surface area contributed by atoms with Gasteiger partial charge in [-0.05, 0) is 17.5 Å². The molecule has 0 saturated carbocycles. The summed E-state index contributed by atoms with van der Waals surface area (Å²) in [4.78, 5) is 0. The topological polar surface area (TPSA) is 46.2 Å². The number of nitrogens with two attached hydrogens (primary N) is 1. The fourth-order valence-corrected chi connectivity index (χ4v) is 2.91. The summed E-state index contributed by atoms with van der Waals surface area (Å²) in [6.45, 7) is 4.70.